The maximum absolute atomic E-state index is 11.9. The van der Waals surface area contributed by atoms with Crippen molar-refractivity contribution in [2.75, 3.05) is 11.4 Å². The largest absolute Gasteiger partial charge is 0.312 e. The summed E-state index contributed by atoms with van der Waals surface area (Å²) in [5.41, 5.74) is 3.91. The van der Waals surface area contributed by atoms with Crippen molar-refractivity contribution in [2.24, 2.45) is 0 Å². The number of rotatable bonds is 2. The summed E-state index contributed by atoms with van der Waals surface area (Å²) in [4.78, 5) is 17.9. The van der Waals surface area contributed by atoms with Gasteiger partial charge in [-0.3, -0.25) is 4.79 Å². The SMILES string of the molecule is CCN1C(=O)Cc2cc(-c3ccc(C#N)c(Cl)n3)ccc21. The number of benzene rings is 1. The van der Waals surface area contributed by atoms with Crippen LogP contribution in [0.1, 0.15) is 18.1 Å². The molecule has 0 N–H and O–H groups in total. The van der Waals surface area contributed by atoms with Crippen LogP contribution in [0.5, 0.6) is 0 Å². The third kappa shape index (κ3) is 2.26. The Bertz CT molecular complexity index is 780. The molecule has 3 rings (SSSR count). The lowest BCUT2D eigenvalue weighted by molar-refractivity contribution is -0.117. The summed E-state index contributed by atoms with van der Waals surface area (Å²) in [6.45, 7) is 2.63. The summed E-state index contributed by atoms with van der Waals surface area (Å²) in [5.74, 6) is 0.121. The Labute approximate surface area is 127 Å². The Balaban J connectivity index is 2.03. The second-order valence-corrected chi connectivity index (χ2v) is 5.16. The van der Waals surface area contributed by atoms with Crippen LogP contribution in [-0.4, -0.2) is 17.4 Å². The van der Waals surface area contributed by atoms with Crippen molar-refractivity contribution in [3.63, 3.8) is 0 Å². The van der Waals surface area contributed by atoms with Crippen LogP contribution in [0.25, 0.3) is 11.3 Å². The highest BCUT2D eigenvalue weighted by molar-refractivity contribution is 6.30. The monoisotopic (exact) mass is 297 g/mol. The predicted octanol–water partition coefficient (Wildman–Crippen LogP) is 3.18. The molecular formula is C16H12ClN3O. The standard InChI is InChI=1S/C16H12ClN3O/c1-2-20-14-6-4-10(7-12(14)8-15(20)21)13-5-3-11(9-18)16(17)19-13/h3-7H,2,8H2,1H3. The molecule has 1 aliphatic heterocycles. The van der Waals surface area contributed by atoms with E-state index in [9.17, 15) is 4.79 Å². The van der Waals surface area contributed by atoms with Gasteiger partial charge < -0.3 is 4.90 Å². The number of carbonyl (C=O) groups is 1. The van der Waals surface area contributed by atoms with Crippen LogP contribution in [0.3, 0.4) is 0 Å². The minimum absolute atomic E-state index is 0.121. The second kappa shape index (κ2) is 5.19. The first-order valence-corrected chi connectivity index (χ1v) is 7.02. The molecule has 21 heavy (non-hydrogen) atoms. The summed E-state index contributed by atoms with van der Waals surface area (Å²) in [7, 11) is 0. The molecule has 0 bridgehead atoms. The van der Waals surface area contributed by atoms with Gasteiger partial charge in [0.25, 0.3) is 0 Å². The first-order chi connectivity index (χ1) is 10.1. The van der Waals surface area contributed by atoms with Gasteiger partial charge in [0.1, 0.15) is 11.2 Å². The number of likely N-dealkylation sites (N-methyl/N-ethyl adjacent to an activating group) is 1. The van der Waals surface area contributed by atoms with Gasteiger partial charge in [-0.1, -0.05) is 17.7 Å². The predicted molar refractivity (Wildman–Crippen MR) is 81.1 cm³/mol. The molecular weight excluding hydrogens is 286 g/mol. The molecule has 1 aliphatic rings. The lowest BCUT2D eigenvalue weighted by Crippen LogP contribution is -2.25. The van der Waals surface area contributed by atoms with E-state index in [0.717, 1.165) is 16.8 Å². The molecule has 0 fully saturated rings. The second-order valence-electron chi connectivity index (χ2n) is 4.80. The fourth-order valence-corrected chi connectivity index (χ4v) is 2.76. The Morgan fingerprint density at radius 2 is 2.19 bits per heavy atom. The van der Waals surface area contributed by atoms with Crippen molar-refractivity contribution in [1.29, 1.82) is 5.26 Å². The third-order valence-electron chi connectivity index (χ3n) is 3.59. The smallest absolute Gasteiger partial charge is 0.231 e. The molecule has 4 nitrogen and oxygen atoms in total. The number of hydrogen-bond acceptors (Lipinski definition) is 3. The highest BCUT2D eigenvalue weighted by atomic mass is 35.5. The average Bonchev–Trinajstić information content (AvgIpc) is 2.81. The number of nitriles is 1. The summed E-state index contributed by atoms with van der Waals surface area (Å²) in [6.07, 6.45) is 0.418. The van der Waals surface area contributed by atoms with Crippen molar-refractivity contribution < 1.29 is 4.79 Å². The summed E-state index contributed by atoms with van der Waals surface area (Å²) in [6, 6.07) is 11.2. The number of pyridine rings is 1. The quantitative estimate of drug-likeness (QED) is 0.800. The third-order valence-corrected chi connectivity index (χ3v) is 3.88. The summed E-state index contributed by atoms with van der Waals surface area (Å²) >= 11 is 5.97. The van der Waals surface area contributed by atoms with Gasteiger partial charge in [-0.25, -0.2) is 4.98 Å². The van der Waals surface area contributed by atoms with Crippen LogP contribution in [-0.2, 0) is 11.2 Å². The molecule has 1 amide bonds. The minimum atomic E-state index is 0.121. The van der Waals surface area contributed by atoms with Gasteiger partial charge in [0, 0.05) is 17.8 Å². The van der Waals surface area contributed by atoms with Gasteiger partial charge in [-0.05, 0) is 36.8 Å². The highest BCUT2D eigenvalue weighted by Gasteiger charge is 2.26. The van der Waals surface area contributed by atoms with E-state index in [1.54, 1.807) is 17.0 Å². The van der Waals surface area contributed by atoms with E-state index in [-0.39, 0.29) is 11.1 Å². The van der Waals surface area contributed by atoms with Crippen LogP contribution in [0.2, 0.25) is 5.15 Å². The van der Waals surface area contributed by atoms with E-state index in [4.69, 9.17) is 16.9 Å². The normalized spacial score (nSPS) is 13.2. The van der Waals surface area contributed by atoms with E-state index in [1.807, 2.05) is 31.2 Å². The molecule has 0 atom stereocenters. The van der Waals surface area contributed by atoms with Crippen LogP contribution in [0, 0.1) is 11.3 Å². The molecule has 0 unspecified atom stereocenters. The Hall–Kier alpha value is -2.38. The van der Waals surface area contributed by atoms with Gasteiger partial charge in [0.2, 0.25) is 5.91 Å². The van der Waals surface area contributed by atoms with Gasteiger partial charge in [0.05, 0.1) is 17.7 Å². The van der Waals surface area contributed by atoms with E-state index in [0.29, 0.717) is 24.2 Å². The molecule has 0 aliphatic carbocycles. The molecule has 0 saturated carbocycles. The Kier molecular flexibility index (Phi) is 3.36. The van der Waals surface area contributed by atoms with Gasteiger partial charge in [-0.2, -0.15) is 5.26 Å². The fraction of sp³-hybridized carbons (Fsp3) is 0.188. The molecule has 2 heterocycles. The van der Waals surface area contributed by atoms with Crippen molar-refractivity contribution >= 4 is 23.2 Å². The van der Waals surface area contributed by atoms with Crippen LogP contribution < -0.4 is 4.90 Å². The van der Waals surface area contributed by atoms with Crippen LogP contribution in [0.4, 0.5) is 5.69 Å². The fourth-order valence-electron chi connectivity index (χ4n) is 2.57. The zero-order valence-corrected chi connectivity index (χ0v) is 12.2. The lowest BCUT2D eigenvalue weighted by Gasteiger charge is -2.14. The number of halogens is 1. The van der Waals surface area contributed by atoms with Gasteiger partial charge in [-0.15, -0.1) is 0 Å². The number of hydrogen-bond donors (Lipinski definition) is 0. The number of nitrogens with zero attached hydrogens (tertiary/aromatic N) is 3. The van der Waals surface area contributed by atoms with Gasteiger partial charge in [0.15, 0.2) is 0 Å². The molecule has 2 aromatic rings. The molecule has 5 heteroatoms. The van der Waals surface area contributed by atoms with E-state index in [1.165, 1.54) is 0 Å². The summed E-state index contributed by atoms with van der Waals surface area (Å²) in [5, 5.41) is 9.07. The molecule has 0 saturated heterocycles. The Morgan fingerprint density at radius 3 is 2.86 bits per heavy atom. The lowest BCUT2D eigenvalue weighted by atomic mass is 10.0. The van der Waals surface area contributed by atoms with E-state index in [2.05, 4.69) is 4.98 Å². The average molecular weight is 298 g/mol. The maximum atomic E-state index is 11.9. The number of anilines is 1. The van der Waals surface area contributed by atoms with Crippen molar-refractivity contribution in [1.82, 2.24) is 4.98 Å². The topological polar surface area (TPSA) is 57.0 Å². The van der Waals surface area contributed by atoms with E-state index < -0.39 is 0 Å². The number of carbonyl (C=O) groups excluding carboxylic acids is 1. The number of fused-ring (bicyclic) bond motifs is 1. The van der Waals surface area contributed by atoms with Crippen LogP contribution in [0.15, 0.2) is 30.3 Å². The number of aromatic nitrogens is 1. The summed E-state index contributed by atoms with van der Waals surface area (Å²) < 4.78 is 0. The minimum Gasteiger partial charge on any atom is -0.312 e. The highest BCUT2D eigenvalue weighted by Crippen LogP contribution is 2.32. The number of amides is 1. The maximum Gasteiger partial charge on any atom is 0.231 e. The van der Waals surface area contributed by atoms with Gasteiger partial charge >= 0.3 is 0 Å². The van der Waals surface area contributed by atoms with Crippen molar-refractivity contribution in [3.8, 4) is 17.3 Å². The first kappa shape index (κ1) is 13.6. The molecule has 0 radical (unpaired) electrons. The Morgan fingerprint density at radius 1 is 1.38 bits per heavy atom. The first-order valence-electron chi connectivity index (χ1n) is 6.64. The van der Waals surface area contributed by atoms with Crippen LogP contribution >= 0.6 is 11.6 Å². The van der Waals surface area contributed by atoms with Crippen molar-refractivity contribution in [2.45, 2.75) is 13.3 Å². The molecule has 1 aromatic carbocycles. The molecule has 1 aromatic heterocycles. The molecule has 104 valence electrons. The van der Waals surface area contributed by atoms with E-state index >= 15 is 0 Å². The zero-order chi connectivity index (χ0) is 15.0. The van der Waals surface area contributed by atoms with Crippen molar-refractivity contribution in [3.05, 3.63) is 46.6 Å². The zero-order valence-electron chi connectivity index (χ0n) is 11.4. The molecule has 0 spiro atoms.